The summed E-state index contributed by atoms with van der Waals surface area (Å²) in [6, 6.07) is 0. The number of hydrogen-bond donors (Lipinski definition) is 1. The maximum absolute atomic E-state index is 11.5. The molecule has 0 saturated carbocycles. The lowest BCUT2D eigenvalue weighted by atomic mass is 10.1. The van der Waals surface area contributed by atoms with Gasteiger partial charge in [0.2, 0.25) is 5.91 Å². The summed E-state index contributed by atoms with van der Waals surface area (Å²) in [4.78, 5) is 13.2. The second-order valence-electron chi connectivity index (χ2n) is 3.71. The van der Waals surface area contributed by atoms with Crippen LogP contribution in [0.4, 0.5) is 0 Å². The molecule has 0 spiro atoms. The fourth-order valence-electron chi connectivity index (χ4n) is 1.04. The molecule has 13 heavy (non-hydrogen) atoms. The van der Waals surface area contributed by atoms with Gasteiger partial charge >= 0.3 is 0 Å². The Labute approximate surface area is 80.7 Å². The van der Waals surface area contributed by atoms with E-state index in [1.165, 1.54) is 0 Å². The van der Waals surface area contributed by atoms with Crippen LogP contribution in [0.15, 0.2) is 0 Å². The maximum atomic E-state index is 11.5. The molecule has 3 nitrogen and oxygen atoms in total. The van der Waals surface area contributed by atoms with Gasteiger partial charge in [0.1, 0.15) is 0 Å². The Bertz CT molecular complexity index is 157. The molecular formula is C10H21NO2. The molecule has 1 N–H and O–H groups in total. The van der Waals surface area contributed by atoms with Crippen molar-refractivity contribution < 1.29 is 9.90 Å². The summed E-state index contributed by atoms with van der Waals surface area (Å²) in [7, 11) is 1.79. The summed E-state index contributed by atoms with van der Waals surface area (Å²) in [6.45, 7) is 6.31. The number of rotatable bonds is 5. The average molecular weight is 187 g/mol. The van der Waals surface area contributed by atoms with Crippen LogP contribution in [0.2, 0.25) is 0 Å². The van der Waals surface area contributed by atoms with Crippen LogP contribution in [0, 0.1) is 5.92 Å². The Morgan fingerprint density at radius 2 is 2.00 bits per heavy atom. The van der Waals surface area contributed by atoms with Crippen LogP contribution < -0.4 is 0 Å². The second kappa shape index (κ2) is 5.97. The van der Waals surface area contributed by atoms with Gasteiger partial charge in [0.15, 0.2) is 0 Å². The van der Waals surface area contributed by atoms with Gasteiger partial charge in [-0.25, -0.2) is 0 Å². The number of carbonyl (C=O) groups is 1. The molecule has 0 aromatic rings. The predicted molar refractivity (Wildman–Crippen MR) is 53.4 cm³/mol. The highest BCUT2D eigenvalue weighted by molar-refractivity contribution is 5.78. The van der Waals surface area contributed by atoms with E-state index in [-0.39, 0.29) is 17.9 Å². The van der Waals surface area contributed by atoms with Gasteiger partial charge in [0, 0.05) is 19.5 Å². The molecule has 3 heteroatoms. The lowest BCUT2D eigenvalue weighted by molar-refractivity contribution is -0.133. The van der Waals surface area contributed by atoms with E-state index in [2.05, 4.69) is 0 Å². The van der Waals surface area contributed by atoms with Crippen LogP contribution in [0.1, 0.15) is 33.6 Å². The Hall–Kier alpha value is -0.570. The highest BCUT2D eigenvalue weighted by Gasteiger charge is 2.15. The summed E-state index contributed by atoms with van der Waals surface area (Å²) >= 11 is 0. The monoisotopic (exact) mass is 187 g/mol. The molecule has 2 unspecified atom stereocenters. The standard InChI is InChI=1S/C10H21NO2/c1-5-8(2)10(13)11(4)7-6-9(3)12/h8-9,12H,5-7H2,1-4H3. The minimum atomic E-state index is -0.327. The summed E-state index contributed by atoms with van der Waals surface area (Å²) in [5.74, 6) is 0.266. The van der Waals surface area contributed by atoms with Gasteiger partial charge in [-0.05, 0) is 19.8 Å². The van der Waals surface area contributed by atoms with E-state index < -0.39 is 0 Å². The normalized spacial score (nSPS) is 15.2. The average Bonchev–Trinajstić information content (AvgIpc) is 2.11. The molecule has 0 radical (unpaired) electrons. The minimum Gasteiger partial charge on any atom is -0.393 e. The van der Waals surface area contributed by atoms with Crippen LogP contribution >= 0.6 is 0 Å². The molecule has 0 aromatic carbocycles. The van der Waals surface area contributed by atoms with E-state index in [1.807, 2.05) is 13.8 Å². The van der Waals surface area contributed by atoms with Crippen LogP contribution in [-0.4, -0.2) is 35.6 Å². The van der Waals surface area contributed by atoms with E-state index >= 15 is 0 Å². The van der Waals surface area contributed by atoms with Crippen molar-refractivity contribution in [1.29, 1.82) is 0 Å². The van der Waals surface area contributed by atoms with Gasteiger partial charge in [-0.3, -0.25) is 4.79 Å². The summed E-state index contributed by atoms with van der Waals surface area (Å²) in [6.07, 6.45) is 1.20. The van der Waals surface area contributed by atoms with Crippen LogP contribution in [0.3, 0.4) is 0 Å². The first-order chi connectivity index (χ1) is 5.99. The Morgan fingerprint density at radius 1 is 1.46 bits per heavy atom. The zero-order valence-corrected chi connectivity index (χ0v) is 9.08. The van der Waals surface area contributed by atoms with Crippen molar-refractivity contribution in [2.45, 2.75) is 39.7 Å². The number of nitrogens with zero attached hydrogens (tertiary/aromatic N) is 1. The Balaban J connectivity index is 3.82. The van der Waals surface area contributed by atoms with Gasteiger partial charge in [-0.15, -0.1) is 0 Å². The maximum Gasteiger partial charge on any atom is 0.225 e. The van der Waals surface area contributed by atoms with Crippen molar-refractivity contribution in [2.75, 3.05) is 13.6 Å². The molecule has 78 valence electrons. The molecule has 0 saturated heterocycles. The molecule has 0 aromatic heterocycles. The smallest absolute Gasteiger partial charge is 0.225 e. The molecule has 0 aliphatic carbocycles. The second-order valence-corrected chi connectivity index (χ2v) is 3.71. The highest BCUT2D eigenvalue weighted by Crippen LogP contribution is 2.05. The zero-order valence-electron chi connectivity index (χ0n) is 9.08. The predicted octanol–water partition coefficient (Wildman–Crippen LogP) is 1.26. The SMILES string of the molecule is CCC(C)C(=O)N(C)CCC(C)O. The molecule has 0 aliphatic heterocycles. The first-order valence-corrected chi connectivity index (χ1v) is 4.92. The van der Waals surface area contributed by atoms with Crippen molar-refractivity contribution >= 4 is 5.91 Å². The Kier molecular flexibility index (Phi) is 5.71. The third-order valence-electron chi connectivity index (χ3n) is 2.29. The van der Waals surface area contributed by atoms with Gasteiger partial charge in [-0.2, -0.15) is 0 Å². The van der Waals surface area contributed by atoms with Crippen molar-refractivity contribution in [3.8, 4) is 0 Å². The van der Waals surface area contributed by atoms with E-state index in [9.17, 15) is 4.79 Å². The topological polar surface area (TPSA) is 40.5 Å². The first kappa shape index (κ1) is 12.4. The fourth-order valence-corrected chi connectivity index (χ4v) is 1.04. The van der Waals surface area contributed by atoms with Crippen LogP contribution in [-0.2, 0) is 4.79 Å². The number of carbonyl (C=O) groups excluding carboxylic acids is 1. The summed E-state index contributed by atoms with van der Waals surface area (Å²) in [5, 5.41) is 9.04. The number of amides is 1. The summed E-state index contributed by atoms with van der Waals surface area (Å²) < 4.78 is 0. The Morgan fingerprint density at radius 3 is 2.38 bits per heavy atom. The number of aliphatic hydroxyl groups is 1. The van der Waals surface area contributed by atoms with E-state index in [4.69, 9.17) is 5.11 Å². The largest absolute Gasteiger partial charge is 0.393 e. The number of hydrogen-bond acceptors (Lipinski definition) is 2. The molecule has 0 rings (SSSR count). The van der Waals surface area contributed by atoms with Crippen LogP contribution in [0.25, 0.3) is 0 Å². The molecule has 2 atom stereocenters. The molecular weight excluding hydrogens is 166 g/mol. The van der Waals surface area contributed by atoms with E-state index in [0.29, 0.717) is 13.0 Å². The summed E-state index contributed by atoms with van der Waals surface area (Å²) in [5.41, 5.74) is 0. The molecule has 0 heterocycles. The lowest BCUT2D eigenvalue weighted by Gasteiger charge is -2.21. The van der Waals surface area contributed by atoms with Crippen molar-refractivity contribution in [3.63, 3.8) is 0 Å². The third kappa shape index (κ3) is 4.88. The highest BCUT2D eigenvalue weighted by atomic mass is 16.3. The molecule has 0 bridgehead atoms. The van der Waals surface area contributed by atoms with Gasteiger partial charge in [0.25, 0.3) is 0 Å². The van der Waals surface area contributed by atoms with Gasteiger partial charge in [0.05, 0.1) is 6.10 Å². The molecule has 0 fully saturated rings. The van der Waals surface area contributed by atoms with Crippen LogP contribution in [0.5, 0.6) is 0 Å². The van der Waals surface area contributed by atoms with E-state index in [0.717, 1.165) is 6.42 Å². The quantitative estimate of drug-likeness (QED) is 0.704. The van der Waals surface area contributed by atoms with Crippen molar-refractivity contribution in [3.05, 3.63) is 0 Å². The first-order valence-electron chi connectivity index (χ1n) is 4.92. The van der Waals surface area contributed by atoms with E-state index in [1.54, 1.807) is 18.9 Å². The molecule has 0 aliphatic rings. The fraction of sp³-hybridized carbons (Fsp3) is 0.900. The third-order valence-corrected chi connectivity index (χ3v) is 2.29. The zero-order chi connectivity index (χ0) is 10.4. The van der Waals surface area contributed by atoms with Crippen molar-refractivity contribution in [1.82, 2.24) is 4.90 Å². The molecule has 1 amide bonds. The number of aliphatic hydroxyl groups excluding tert-OH is 1. The lowest BCUT2D eigenvalue weighted by Crippen LogP contribution is -2.33. The van der Waals surface area contributed by atoms with Gasteiger partial charge < -0.3 is 10.0 Å². The van der Waals surface area contributed by atoms with Gasteiger partial charge in [-0.1, -0.05) is 13.8 Å². The minimum absolute atomic E-state index is 0.0963. The van der Waals surface area contributed by atoms with Crippen molar-refractivity contribution in [2.24, 2.45) is 5.92 Å².